The summed E-state index contributed by atoms with van der Waals surface area (Å²) in [5, 5.41) is 8.67. The van der Waals surface area contributed by atoms with Crippen LogP contribution in [0.4, 0.5) is 11.4 Å². The van der Waals surface area contributed by atoms with Gasteiger partial charge in [-0.1, -0.05) is 6.07 Å². The van der Waals surface area contributed by atoms with Gasteiger partial charge >= 0.3 is 0 Å². The highest BCUT2D eigenvalue weighted by atomic mass is 16.5. The van der Waals surface area contributed by atoms with Crippen molar-refractivity contribution >= 4 is 29.1 Å². The van der Waals surface area contributed by atoms with E-state index in [2.05, 4.69) is 16.0 Å². The van der Waals surface area contributed by atoms with E-state index < -0.39 is 0 Å². The van der Waals surface area contributed by atoms with E-state index in [0.717, 1.165) is 19.4 Å². The van der Waals surface area contributed by atoms with E-state index in [-0.39, 0.29) is 30.4 Å². The fourth-order valence-corrected chi connectivity index (χ4v) is 3.23. The fourth-order valence-electron chi connectivity index (χ4n) is 3.23. The average Bonchev–Trinajstić information content (AvgIpc) is 3.30. The van der Waals surface area contributed by atoms with Gasteiger partial charge in [-0.05, 0) is 55.3 Å². The molecular weight excluding hydrogens is 396 g/mol. The van der Waals surface area contributed by atoms with Crippen LogP contribution in [0.1, 0.15) is 33.6 Å². The Morgan fingerprint density at radius 3 is 2.48 bits per heavy atom. The van der Waals surface area contributed by atoms with Gasteiger partial charge in [-0.3, -0.25) is 14.4 Å². The molecule has 1 unspecified atom stereocenters. The van der Waals surface area contributed by atoms with Crippen LogP contribution in [0, 0.1) is 0 Å². The van der Waals surface area contributed by atoms with E-state index >= 15 is 0 Å². The molecule has 1 heterocycles. The van der Waals surface area contributed by atoms with Gasteiger partial charge < -0.3 is 25.6 Å². The Bertz CT molecular complexity index is 921. The third-order valence-corrected chi connectivity index (χ3v) is 4.91. The summed E-state index contributed by atoms with van der Waals surface area (Å²) in [5.74, 6) is -0.505. The van der Waals surface area contributed by atoms with E-state index in [9.17, 15) is 14.4 Å². The number of rotatable bonds is 8. The number of nitrogens with zero attached hydrogens (tertiary/aromatic N) is 1. The standard InChI is InChI=1S/C23H28N4O4/c1-27(2)23(30)17-5-3-6-19(13-17)24-15-21(28)26-18-10-8-16(9-11-18)22(29)25-14-20-7-4-12-31-20/h3,5-6,8-11,13,20,24H,4,7,12,14-15H2,1-2H3,(H,25,29)(H,26,28). The maximum atomic E-state index is 12.2. The molecule has 0 aliphatic carbocycles. The topological polar surface area (TPSA) is 99.8 Å². The molecule has 31 heavy (non-hydrogen) atoms. The third kappa shape index (κ3) is 6.55. The maximum absolute atomic E-state index is 12.2. The molecule has 1 saturated heterocycles. The molecule has 1 fully saturated rings. The smallest absolute Gasteiger partial charge is 0.253 e. The van der Waals surface area contributed by atoms with E-state index in [4.69, 9.17) is 4.74 Å². The molecule has 1 aliphatic heterocycles. The highest BCUT2D eigenvalue weighted by Gasteiger charge is 2.16. The summed E-state index contributed by atoms with van der Waals surface area (Å²) < 4.78 is 5.50. The van der Waals surface area contributed by atoms with Gasteiger partial charge in [-0.25, -0.2) is 0 Å². The van der Waals surface area contributed by atoms with Crippen molar-refractivity contribution in [3.05, 3.63) is 59.7 Å². The van der Waals surface area contributed by atoms with Gasteiger partial charge in [0.05, 0.1) is 12.6 Å². The highest BCUT2D eigenvalue weighted by Crippen LogP contribution is 2.14. The molecule has 0 aromatic heterocycles. The van der Waals surface area contributed by atoms with Gasteiger partial charge in [-0.2, -0.15) is 0 Å². The van der Waals surface area contributed by atoms with Crippen molar-refractivity contribution in [3.63, 3.8) is 0 Å². The summed E-state index contributed by atoms with van der Waals surface area (Å²) in [7, 11) is 3.38. The third-order valence-electron chi connectivity index (χ3n) is 4.91. The number of carbonyl (C=O) groups excluding carboxylic acids is 3. The van der Waals surface area contributed by atoms with Crippen molar-refractivity contribution in [2.45, 2.75) is 18.9 Å². The van der Waals surface area contributed by atoms with Crippen LogP contribution in [-0.4, -0.2) is 62.5 Å². The Morgan fingerprint density at radius 2 is 1.81 bits per heavy atom. The molecule has 8 nitrogen and oxygen atoms in total. The number of hydrogen-bond acceptors (Lipinski definition) is 5. The fraction of sp³-hybridized carbons (Fsp3) is 0.348. The van der Waals surface area contributed by atoms with E-state index in [0.29, 0.717) is 29.0 Å². The van der Waals surface area contributed by atoms with Crippen LogP contribution < -0.4 is 16.0 Å². The van der Waals surface area contributed by atoms with Gasteiger partial charge in [0.25, 0.3) is 11.8 Å². The number of ether oxygens (including phenoxy) is 1. The van der Waals surface area contributed by atoms with Crippen LogP contribution in [0.3, 0.4) is 0 Å². The first kappa shape index (κ1) is 22.3. The normalized spacial score (nSPS) is 15.2. The number of amides is 3. The average molecular weight is 425 g/mol. The Hall–Kier alpha value is -3.39. The number of hydrogen-bond donors (Lipinski definition) is 3. The van der Waals surface area contributed by atoms with Crippen molar-refractivity contribution in [2.24, 2.45) is 0 Å². The minimum absolute atomic E-state index is 0.0449. The van der Waals surface area contributed by atoms with Crippen LogP contribution in [0.5, 0.6) is 0 Å². The minimum atomic E-state index is -0.236. The van der Waals surface area contributed by atoms with Crippen LogP contribution in [-0.2, 0) is 9.53 Å². The second-order valence-electron chi connectivity index (χ2n) is 7.60. The molecule has 3 N–H and O–H groups in total. The predicted octanol–water partition coefficient (Wildman–Crippen LogP) is 2.35. The lowest BCUT2D eigenvalue weighted by Gasteiger charge is -2.12. The molecule has 0 bridgehead atoms. The number of benzene rings is 2. The summed E-state index contributed by atoms with van der Waals surface area (Å²) >= 11 is 0. The monoisotopic (exact) mass is 424 g/mol. The van der Waals surface area contributed by atoms with Crippen LogP contribution >= 0.6 is 0 Å². The molecule has 1 atom stereocenters. The van der Waals surface area contributed by atoms with Crippen LogP contribution in [0.15, 0.2) is 48.5 Å². The van der Waals surface area contributed by atoms with Gasteiger partial charge in [0.15, 0.2) is 0 Å². The molecule has 8 heteroatoms. The number of carbonyl (C=O) groups is 3. The lowest BCUT2D eigenvalue weighted by Crippen LogP contribution is -2.31. The van der Waals surface area contributed by atoms with Gasteiger partial charge in [-0.15, -0.1) is 0 Å². The summed E-state index contributed by atoms with van der Waals surface area (Å²) in [4.78, 5) is 38.0. The molecule has 0 radical (unpaired) electrons. The van der Waals surface area contributed by atoms with Crippen molar-refractivity contribution in [1.29, 1.82) is 0 Å². The number of nitrogens with one attached hydrogen (secondary N) is 3. The predicted molar refractivity (Wildman–Crippen MR) is 119 cm³/mol. The molecule has 2 aromatic carbocycles. The zero-order chi connectivity index (χ0) is 22.2. The lowest BCUT2D eigenvalue weighted by atomic mass is 10.1. The Balaban J connectivity index is 1.46. The van der Waals surface area contributed by atoms with Crippen molar-refractivity contribution < 1.29 is 19.1 Å². The summed E-state index contributed by atoms with van der Waals surface area (Å²) in [6, 6.07) is 13.7. The molecular formula is C23H28N4O4. The molecule has 164 valence electrons. The van der Waals surface area contributed by atoms with Crippen LogP contribution in [0.25, 0.3) is 0 Å². The number of anilines is 2. The largest absolute Gasteiger partial charge is 0.376 e. The molecule has 3 amide bonds. The summed E-state index contributed by atoms with van der Waals surface area (Å²) in [6.45, 7) is 1.30. The quantitative estimate of drug-likeness (QED) is 0.604. The molecule has 1 aliphatic rings. The van der Waals surface area contributed by atoms with E-state index in [1.807, 2.05) is 0 Å². The zero-order valence-electron chi connectivity index (χ0n) is 17.8. The van der Waals surface area contributed by atoms with Crippen molar-refractivity contribution in [1.82, 2.24) is 10.2 Å². The zero-order valence-corrected chi connectivity index (χ0v) is 17.8. The molecule has 0 saturated carbocycles. The molecule has 2 aromatic rings. The first-order valence-corrected chi connectivity index (χ1v) is 10.3. The van der Waals surface area contributed by atoms with Gasteiger partial charge in [0.1, 0.15) is 0 Å². The second-order valence-corrected chi connectivity index (χ2v) is 7.60. The van der Waals surface area contributed by atoms with Crippen molar-refractivity contribution in [3.8, 4) is 0 Å². The second kappa shape index (κ2) is 10.6. The summed E-state index contributed by atoms with van der Waals surface area (Å²) in [6.07, 6.45) is 2.09. The first-order valence-electron chi connectivity index (χ1n) is 10.3. The molecule has 3 rings (SSSR count). The highest BCUT2D eigenvalue weighted by molar-refractivity contribution is 5.97. The molecule has 0 spiro atoms. The van der Waals surface area contributed by atoms with E-state index in [1.54, 1.807) is 62.6 Å². The van der Waals surface area contributed by atoms with Gasteiger partial charge in [0.2, 0.25) is 5.91 Å². The summed E-state index contributed by atoms with van der Waals surface area (Å²) in [5.41, 5.74) is 2.35. The van der Waals surface area contributed by atoms with Crippen molar-refractivity contribution in [2.75, 3.05) is 44.4 Å². The SMILES string of the molecule is CN(C)C(=O)c1cccc(NCC(=O)Nc2ccc(C(=O)NCC3CCCO3)cc2)c1. The Kier molecular flexibility index (Phi) is 7.61. The first-order chi connectivity index (χ1) is 14.9. The Labute approximate surface area is 182 Å². The minimum Gasteiger partial charge on any atom is -0.376 e. The van der Waals surface area contributed by atoms with E-state index in [1.165, 1.54) is 4.90 Å². The maximum Gasteiger partial charge on any atom is 0.253 e. The Morgan fingerprint density at radius 1 is 1.03 bits per heavy atom. The van der Waals surface area contributed by atoms with Gasteiger partial charge in [0, 0.05) is 49.7 Å². The lowest BCUT2D eigenvalue weighted by molar-refractivity contribution is -0.114. The van der Waals surface area contributed by atoms with Crippen LogP contribution in [0.2, 0.25) is 0 Å².